The molecule has 0 saturated carbocycles. The van der Waals surface area contributed by atoms with Crippen molar-refractivity contribution in [3.05, 3.63) is 65.7 Å². The molecule has 0 saturated heterocycles. The van der Waals surface area contributed by atoms with E-state index in [1.54, 1.807) is 63.2 Å². The summed E-state index contributed by atoms with van der Waals surface area (Å²) in [6, 6.07) is 12.2. The van der Waals surface area contributed by atoms with Gasteiger partial charge in [-0.1, -0.05) is 48.0 Å². The van der Waals surface area contributed by atoms with E-state index in [-0.39, 0.29) is 4.90 Å². The molecule has 0 spiro atoms. The van der Waals surface area contributed by atoms with Crippen LogP contribution in [0.3, 0.4) is 0 Å². The predicted octanol–water partition coefficient (Wildman–Crippen LogP) is 3.08. The molecule has 2 aromatic carbocycles. The normalized spacial score (nSPS) is 13.7. The standard InChI is InChI=1S/C22H28N2O6S/c1-15-11-13-17(14-12-15)31(27,28)24-18(16-9-7-6-8-10-16)19(20(25)29-5)23-21(26)30-22(2,3)4/h6-14,18-19,24H,1-5H3,(H,23,26)/t18-,19+/m1/s1. The van der Waals surface area contributed by atoms with Gasteiger partial charge in [0.25, 0.3) is 0 Å². The quantitative estimate of drug-likeness (QED) is 0.630. The third-order valence-corrected chi connectivity index (χ3v) is 5.69. The Bertz CT molecular complexity index is 999. The van der Waals surface area contributed by atoms with E-state index in [9.17, 15) is 18.0 Å². The monoisotopic (exact) mass is 448 g/mol. The third-order valence-electron chi connectivity index (χ3n) is 4.23. The molecule has 2 rings (SSSR count). The van der Waals surface area contributed by atoms with Crippen molar-refractivity contribution in [1.82, 2.24) is 10.0 Å². The molecule has 0 bridgehead atoms. The van der Waals surface area contributed by atoms with Crippen molar-refractivity contribution in [1.29, 1.82) is 0 Å². The van der Waals surface area contributed by atoms with E-state index in [0.29, 0.717) is 5.56 Å². The van der Waals surface area contributed by atoms with Gasteiger partial charge >= 0.3 is 12.1 Å². The van der Waals surface area contributed by atoms with Crippen LogP contribution in [0.15, 0.2) is 59.5 Å². The van der Waals surface area contributed by atoms with Gasteiger partial charge in [0, 0.05) is 0 Å². The van der Waals surface area contributed by atoms with E-state index in [4.69, 9.17) is 9.47 Å². The average molecular weight is 449 g/mol. The van der Waals surface area contributed by atoms with Crippen molar-refractivity contribution in [2.75, 3.05) is 7.11 Å². The number of rotatable bonds is 7. The number of benzene rings is 2. The highest BCUT2D eigenvalue weighted by molar-refractivity contribution is 7.89. The predicted molar refractivity (Wildman–Crippen MR) is 116 cm³/mol. The summed E-state index contributed by atoms with van der Waals surface area (Å²) in [6.07, 6.45) is -0.877. The Hall–Kier alpha value is -2.91. The summed E-state index contributed by atoms with van der Waals surface area (Å²) >= 11 is 0. The van der Waals surface area contributed by atoms with Crippen molar-refractivity contribution in [3.63, 3.8) is 0 Å². The lowest BCUT2D eigenvalue weighted by Gasteiger charge is -2.28. The Balaban J connectivity index is 2.45. The largest absolute Gasteiger partial charge is 0.467 e. The second kappa shape index (κ2) is 9.93. The van der Waals surface area contributed by atoms with Crippen LogP contribution in [0.1, 0.15) is 37.9 Å². The van der Waals surface area contributed by atoms with Gasteiger partial charge < -0.3 is 14.8 Å². The van der Waals surface area contributed by atoms with E-state index in [2.05, 4.69) is 10.0 Å². The van der Waals surface area contributed by atoms with Gasteiger partial charge in [0.05, 0.1) is 18.0 Å². The summed E-state index contributed by atoms with van der Waals surface area (Å²) in [7, 11) is -2.88. The molecule has 0 radical (unpaired) electrons. The minimum Gasteiger partial charge on any atom is -0.467 e. The van der Waals surface area contributed by atoms with Gasteiger partial charge in [-0.3, -0.25) is 0 Å². The summed E-state index contributed by atoms with van der Waals surface area (Å²) in [5.74, 6) is -0.827. The Kier molecular flexibility index (Phi) is 7.80. The number of ether oxygens (including phenoxy) is 2. The fourth-order valence-electron chi connectivity index (χ4n) is 2.78. The van der Waals surface area contributed by atoms with Crippen LogP contribution in [0.25, 0.3) is 0 Å². The highest BCUT2D eigenvalue weighted by Crippen LogP contribution is 2.22. The molecule has 0 unspecified atom stereocenters. The molecule has 2 aromatic rings. The number of esters is 1. The van der Waals surface area contributed by atoms with Crippen molar-refractivity contribution in [2.45, 2.75) is 50.3 Å². The lowest BCUT2D eigenvalue weighted by atomic mass is 10.0. The summed E-state index contributed by atoms with van der Waals surface area (Å²) in [6.45, 7) is 6.87. The highest BCUT2D eigenvalue weighted by atomic mass is 32.2. The number of aryl methyl sites for hydroxylation is 1. The second-order valence-electron chi connectivity index (χ2n) is 7.97. The maximum Gasteiger partial charge on any atom is 0.408 e. The first kappa shape index (κ1) is 24.4. The van der Waals surface area contributed by atoms with Crippen LogP contribution in [0.2, 0.25) is 0 Å². The topological polar surface area (TPSA) is 111 Å². The fourth-order valence-corrected chi connectivity index (χ4v) is 4.02. The lowest BCUT2D eigenvalue weighted by molar-refractivity contribution is -0.143. The molecule has 0 aliphatic carbocycles. The molecule has 0 fully saturated rings. The zero-order chi connectivity index (χ0) is 23.2. The smallest absolute Gasteiger partial charge is 0.408 e. The molecule has 9 heteroatoms. The number of methoxy groups -OCH3 is 1. The van der Waals surface area contributed by atoms with Crippen molar-refractivity contribution >= 4 is 22.1 Å². The Morgan fingerprint density at radius 3 is 2.06 bits per heavy atom. The SMILES string of the molecule is COC(=O)[C@@H](NC(=O)OC(C)(C)C)[C@H](NS(=O)(=O)c1ccc(C)cc1)c1ccccc1. The van der Waals surface area contributed by atoms with Gasteiger partial charge in [0.15, 0.2) is 6.04 Å². The molecule has 0 aliphatic heterocycles. The van der Waals surface area contributed by atoms with Gasteiger partial charge in [0.1, 0.15) is 5.60 Å². The van der Waals surface area contributed by atoms with Crippen molar-refractivity contribution in [3.8, 4) is 0 Å². The molecule has 0 heterocycles. The number of alkyl carbamates (subject to hydrolysis) is 1. The van der Waals surface area contributed by atoms with Gasteiger partial charge in [-0.15, -0.1) is 0 Å². The number of hydrogen-bond acceptors (Lipinski definition) is 6. The minimum atomic E-state index is -4.03. The van der Waals surface area contributed by atoms with E-state index < -0.39 is 39.8 Å². The number of carbonyl (C=O) groups is 2. The molecular formula is C22H28N2O6S. The molecular weight excluding hydrogens is 420 g/mol. The van der Waals surface area contributed by atoms with Gasteiger partial charge in [-0.25, -0.2) is 22.7 Å². The van der Waals surface area contributed by atoms with Crippen LogP contribution in [-0.4, -0.2) is 39.2 Å². The van der Waals surface area contributed by atoms with Crippen molar-refractivity contribution < 1.29 is 27.5 Å². The summed E-state index contributed by atoms with van der Waals surface area (Å²) in [5, 5.41) is 2.44. The van der Waals surface area contributed by atoms with E-state index >= 15 is 0 Å². The lowest BCUT2D eigenvalue weighted by Crippen LogP contribution is -2.52. The zero-order valence-electron chi connectivity index (χ0n) is 18.2. The van der Waals surface area contributed by atoms with Crippen LogP contribution in [0.5, 0.6) is 0 Å². The van der Waals surface area contributed by atoms with E-state index in [1.807, 2.05) is 6.92 Å². The number of hydrogen-bond donors (Lipinski definition) is 2. The first-order valence-corrected chi connectivity index (χ1v) is 11.1. The Morgan fingerprint density at radius 2 is 1.55 bits per heavy atom. The number of sulfonamides is 1. The van der Waals surface area contributed by atoms with Crippen LogP contribution in [-0.2, 0) is 24.3 Å². The molecule has 0 aliphatic rings. The zero-order valence-corrected chi connectivity index (χ0v) is 19.0. The molecule has 2 atom stereocenters. The molecule has 0 aromatic heterocycles. The van der Waals surface area contributed by atoms with Crippen LogP contribution in [0, 0.1) is 6.92 Å². The first-order valence-electron chi connectivity index (χ1n) is 9.64. The second-order valence-corrected chi connectivity index (χ2v) is 9.68. The molecule has 31 heavy (non-hydrogen) atoms. The first-order chi connectivity index (χ1) is 14.4. The molecule has 2 N–H and O–H groups in total. The fraction of sp³-hybridized carbons (Fsp3) is 0.364. The number of nitrogens with one attached hydrogen (secondary N) is 2. The Morgan fingerprint density at radius 1 is 0.968 bits per heavy atom. The third kappa shape index (κ3) is 7.08. The van der Waals surface area contributed by atoms with Crippen LogP contribution >= 0.6 is 0 Å². The summed E-state index contributed by atoms with van der Waals surface area (Å²) in [5.41, 5.74) is 0.552. The maximum atomic E-state index is 13.0. The van der Waals surface area contributed by atoms with E-state index in [1.165, 1.54) is 12.1 Å². The highest BCUT2D eigenvalue weighted by Gasteiger charge is 2.36. The summed E-state index contributed by atoms with van der Waals surface area (Å²) in [4.78, 5) is 25.0. The Labute approximate surface area is 183 Å². The van der Waals surface area contributed by atoms with E-state index in [0.717, 1.165) is 12.7 Å². The molecule has 168 valence electrons. The van der Waals surface area contributed by atoms with Crippen LogP contribution < -0.4 is 10.0 Å². The number of amides is 1. The molecule has 1 amide bonds. The number of carbonyl (C=O) groups excluding carboxylic acids is 2. The molecule has 8 nitrogen and oxygen atoms in total. The van der Waals surface area contributed by atoms with Crippen molar-refractivity contribution in [2.24, 2.45) is 0 Å². The van der Waals surface area contributed by atoms with Gasteiger partial charge in [-0.05, 0) is 45.4 Å². The van der Waals surface area contributed by atoms with Gasteiger partial charge in [-0.2, -0.15) is 0 Å². The van der Waals surface area contributed by atoms with Gasteiger partial charge in [0.2, 0.25) is 10.0 Å². The maximum absolute atomic E-state index is 13.0. The average Bonchev–Trinajstić information content (AvgIpc) is 2.69. The van der Waals surface area contributed by atoms with Crippen LogP contribution in [0.4, 0.5) is 4.79 Å². The minimum absolute atomic E-state index is 0.0277. The summed E-state index contributed by atoms with van der Waals surface area (Å²) < 4.78 is 38.7.